The van der Waals surface area contributed by atoms with Crippen LogP contribution in [0.15, 0.2) is 42.5 Å². The number of fused-ring (bicyclic) bond motifs is 1. The number of aryl methyl sites for hydroxylation is 1. The lowest BCUT2D eigenvalue weighted by Crippen LogP contribution is -2.41. The number of ether oxygens (including phenoxy) is 2. The first-order chi connectivity index (χ1) is 15.0. The van der Waals surface area contributed by atoms with Crippen LogP contribution in [0, 0.1) is 0 Å². The third-order valence-corrected chi connectivity index (χ3v) is 6.03. The zero-order chi connectivity index (χ0) is 21.8. The SMILES string of the molecule is CCCc1ccc2c(c1)OCN(CCOc1ccc(CC3NC(=O)SC3=O)cc1)C2=O. The summed E-state index contributed by atoms with van der Waals surface area (Å²) in [6, 6.07) is 12.7. The van der Waals surface area contributed by atoms with E-state index in [4.69, 9.17) is 9.47 Å². The topological polar surface area (TPSA) is 84.9 Å². The van der Waals surface area contributed by atoms with E-state index in [2.05, 4.69) is 12.2 Å². The van der Waals surface area contributed by atoms with Crippen LogP contribution in [0.25, 0.3) is 0 Å². The van der Waals surface area contributed by atoms with Crippen LogP contribution < -0.4 is 14.8 Å². The summed E-state index contributed by atoms with van der Waals surface area (Å²) in [4.78, 5) is 37.3. The van der Waals surface area contributed by atoms with Crippen LogP contribution in [-0.4, -0.2) is 47.1 Å². The van der Waals surface area contributed by atoms with Crippen LogP contribution in [-0.2, 0) is 17.6 Å². The number of hydrogen-bond acceptors (Lipinski definition) is 6. The fraction of sp³-hybridized carbons (Fsp3) is 0.348. The third kappa shape index (κ3) is 5.02. The first-order valence-corrected chi connectivity index (χ1v) is 11.1. The zero-order valence-corrected chi connectivity index (χ0v) is 18.1. The molecular formula is C23H24N2O5S. The van der Waals surface area contributed by atoms with Crippen LogP contribution in [0.3, 0.4) is 0 Å². The molecule has 1 N–H and O–H groups in total. The van der Waals surface area contributed by atoms with Gasteiger partial charge in [-0.05, 0) is 41.8 Å². The molecule has 2 heterocycles. The van der Waals surface area contributed by atoms with Crippen LogP contribution in [0.4, 0.5) is 4.79 Å². The van der Waals surface area contributed by atoms with Crippen molar-refractivity contribution in [3.8, 4) is 11.5 Å². The van der Waals surface area contributed by atoms with Gasteiger partial charge < -0.3 is 19.7 Å². The Morgan fingerprint density at radius 2 is 1.90 bits per heavy atom. The van der Waals surface area contributed by atoms with Crippen molar-refractivity contribution in [2.24, 2.45) is 0 Å². The highest BCUT2D eigenvalue weighted by molar-refractivity contribution is 8.26. The van der Waals surface area contributed by atoms with Crippen molar-refractivity contribution >= 4 is 28.0 Å². The molecule has 1 saturated heterocycles. The van der Waals surface area contributed by atoms with Gasteiger partial charge >= 0.3 is 0 Å². The van der Waals surface area contributed by atoms with Gasteiger partial charge in [0.05, 0.1) is 12.1 Å². The highest BCUT2D eigenvalue weighted by atomic mass is 32.2. The van der Waals surface area contributed by atoms with E-state index in [0.29, 0.717) is 36.6 Å². The van der Waals surface area contributed by atoms with Gasteiger partial charge in [-0.25, -0.2) is 0 Å². The second-order valence-corrected chi connectivity index (χ2v) is 8.50. The first kappa shape index (κ1) is 21.2. The van der Waals surface area contributed by atoms with Gasteiger partial charge in [-0.1, -0.05) is 31.5 Å². The number of carbonyl (C=O) groups excluding carboxylic acids is 3. The Labute approximate surface area is 185 Å². The molecule has 2 aliphatic heterocycles. The second-order valence-electron chi connectivity index (χ2n) is 7.52. The molecule has 0 bridgehead atoms. The van der Waals surface area contributed by atoms with Gasteiger partial charge in [0.15, 0.2) is 6.73 Å². The lowest BCUT2D eigenvalue weighted by Gasteiger charge is -2.29. The van der Waals surface area contributed by atoms with Crippen LogP contribution in [0.5, 0.6) is 11.5 Å². The predicted molar refractivity (Wildman–Crippen MR) is 118 cm³/mol. The molecular weight excluding hydrogens is 416 g/mol. The van der Waals surface area contributed by atoms with Crippen LogP contribution in [0.1, 0.15) is 34.8 Å². The normalized spacial score (nSPS) is 17.9. The summed E-state index contributed by atoms with van der Waals surface area (Å²) in [5.41, 5.74) is 2.70. The molecule has 8 heteroatoms. The molecule has 2 aromatic rings. The molecule has 162 valence electrons. The summed E-state index contributed by atoms with van der Waals surface area (Å²) in [5, 5.41) is 2.20. The van der Waals surface area contributed by atoms with Crippen molar-refractivity contribution in [1.82, 2.24) is 10.2 Å². The average molecular weight is 441 g/mol. The summed E-state index contributed by atoms with van der Waals surface area (Å²) in [7, 11) is 0. The Morgan fingerprint density at radius 1 is 1.13 bits per heavy atom. The lowest BCUT2D eigenvalue weighted by atomic mass is 10.1. The molecule has 4 rings (SSSR count). The van der Waals surface area contributed by atoms with E-state index in [0.717, 1.165) is 30.2 Å². The highest BCUT2D eigenvalue weighted by Crippen LogP contribution is 2.27. The molecule has 0 radical (unpaired) electrons. The van der Waals surface area contributed by atoms with Gasteiger partial charge in [0, 0.05) is 18.2 Å². The molecule has 2 aromatic carbocycles. The van der Waals surface area contributed by atoms with Crippen molar-refractivity contribution in [2.45, 2.75) is 32.2 Å². The van der Waals surface area contributed by atoms with Crippen molar-refractivity contribution < 1.29 is 23.9 Å². The molecule has 0 aromatic heterocycles. The fourth-order valence-electron chi connectivity index (χ4n) is 3.61. The first-order valence-electron chi connectivity index (χ1n) is 10.3. The zero-order valence-electron chi connectivity index (χ0n) is 17.3. The molecule has 1 unspecified atom stereocenters. The van der Waals surface area contributed by atoms with E-state index in [-0.39, 0.29) is 23.0 Å². The Hall–Kier alpha value is -3.00. The number of amides is 2. The maximum absolute atomic E-state index is 12.7. The monoisotopic (exact) mass is 440 g/mol. The number of nitrogens with zero attached hydrogens (tertiary/aromatic N) is 1. The van der Waals surface area contributed by atoms with Gasteiger partial charge in [-0.2, -0.15) is 0 Å². The van der Waals surface area contributed by atoms with E-state index in [9.17, 15) is 14.4 Å². The summed E-state index contributed by atoms with van der Waals surface area (Å²) >= 11 is 0.718. The van der Waals surface area contributed by atoms with E-state index in [1.165, 1.54) is 5.56 Å². The maximum Gasteiger partial charge on any atom is 0.287 e. The average Bonchev–Trinajstić information content (AvgIpc) is 3.08. The van der Waals surface area contributed by atoms with Gasteiger partial charge in [-0.3, -0.25) is 14.4 Å². The van der Waals surface area contributed by atoms with Gasteiger partial charge in [0.2, 0.25) is 5.12 Å². The second kappa shape index (κ2) is 9.43. The minimum atomic E-state index is -0.477. The third-order valence-electron chi connectivity index (χ3n) is 5.24. The van der Waals surface area contributed by atoms with Gasteiger partial charge in [0.25, 0.3) is 11.1 Å². The van der Waals surface area contributed by atoms with Crippen LogP contribution >= 0.6 is 11.8 Å². The number of hydrogen-bond donors (Lipinski definition) is 1. The predicted octanol–water partition coefficient (Wildman–Crippen LogP) is 3.40. The molecule has 0 saturated carbocycles. The molecule has 2 amide bonds. The Bertz CT molecular complexity index is 992. The Morgan fingerprint density at radius 3 is 2.61 bits per heavy atom. The fourth-order valence-corrected chi connectivity index (χ4v) is 4.28. The number of carbonyl (C=O) groups is 3. The summed E-state index contributed by atoms with van der Waals surface area (Å²) < 4.78 is 11.6. The minimum Gasteiger partial charge on any atom is -0.492 e. The van der Waals surface area contributed by atoms with Crippen molar-refractivity contribution in [2.75, 3.05) is 19.9 Å². The van der Waals surface area contributed by atoms with Crippen molar-refractivity contribution in [3.05, 3.63) is 59.2 Å². The summed E-state index contributed by atoms with van der Waals surface area (Å²) in [6.07, 6.45) is 2.47. The minimum absolute atomic E-state index is 0.0515. The van der Waals surface area contributed by atoms with Crippen molar-refractivity contribution in [1.29, 1.82) is 0 Å². The number of benzene rings is 2. The number of thioether (sulfide) groups is 1. The Balaban J connectivity index is 1.27. The maximum atomic E-state index is 12.7. The van der Waals surface area contributed by atoms with E-state index < -0.39 is 6.04 Å². The molecule has 1 fully saturated rings. The van der Waals surface area contributed by atoms with Gasteiger partial charge in [-0.15, -0.1) is 0 Å². The largest absolute Gasteiger partial charge is 0.492 e. The summed E-state index contributed by atoms with van der Waals surface area (Å²) in [6.45, 7) is 3.08. The number of nitrogens with one attached hydrogen (secondary N) is 1. The van der Waals surface area contributed by atoms with E-state index >= 15 is 0 Å². The number of rotatable bonds is 8. The molecule has 1 atom stereocenters. The molecule has 0 spiro atoms. The molecule has 2 aliphatic rings. The molecule has 0 aliphatic carbocycles. The van der Waals surface area contributed by atoms with E-state index in [1.54, 1.807) is 4.90 Å². The quantitative estimate of drug-likeness (QED) is 0.677. The summed E-state index contributed by atoms with van der Waals surface area (Å²) in [5.74, 6) is 1.28. The van der Waals surface area contributed by atoms with Crippen LogP contribution in [0.2, 0.25) is 0 Å². The molecule has 31 heavy (non-hydrogen) atoms. The Kier molecular flexibility index (Phi) is 6.46. The van der Waals surface area contributed by atoms with E-state index in [1.807, 2.05) is 42.5 Å². The van der Waals surface area contributed by atoms with Crippen molar-refractivity contribution in [3.63, 3.8) is 0 Å². The van der Waals surface area contributed by atoms with Gasteiger partial charge in [0.1, 0.15) is 24.1 Å². The lowest BCUT2D eigenvalue weighted by molar-refractivity contribution is -0.112. The highest BCUT2D eigenvalue weighted by Gasteiger charge is 2.31. The standard InChI is InChI=1S/C23H24N2O5S/c1-2-3-15-6-9-18-20(13-15)30-14-25(21(18)26)10-11-29-17-7-4-16(5-8-17)12-19-22(27)31-23(28)24-19/h4-9,13,19H,2-3,10-12,14H2,1H3,(H,24,28). The smallest absolute Gasteiger partial charge is 0.287 e. The molecule has 7 nitrogen and oxygen atoms in total.